The lowest BCUT2D eigenvalue weighted by atomic mass is 10.1. The highest BCUT2D eigenvalue weighted by atomic mass is 79.9. The van der Waals surface area contributed by atoms with Crippen molar-refractivity contribution in [1.29, 1.82) is 0 Å². The van der Waals surface area contributed by atoms with E-state index in [1.807, 2.05) is 0 Å². The van der Waals surface area contributed by atoms with E-state index < -0.39 is 5.97 Å². The molecule has 0 aliphatic rings. The molecule has 1 N–H and O–H groups in total. The van der Waals surface area contributed by atoms with Gasteiger partial charge in [-0.05, 0) is 37.3 Å². The first-order valence-electron chi connectivity index (χ1n) is 6.97. The summed E-state index contributed by atoms with van der Waals surface area (Å²) in [5.41, 5.74) is 1.05. The highest BCUT2D eigenvalue weighted by Crippen LogP contribution is 2.25. The molecule has 2 aromatic carbocycles. The zero-order valence-electron chi connectivity index (χ0n) is 12.8. The maximum Gasteiger partial charge on any atom is 0.340 e. The van der Waals surface area contributed by atoms with E-state index in [4.69, 9.17) is 9.47 Å². The molecule has 0 saturated heterocycles. The number of hydrogen-bond donors (Lipinski definition) is 1. The van der Waals surface area contributed by atoms with Crippen LogP contribution in [0.25, 0.3) is 0 Å². The number of methoxy groups -OCH3 is 1. The number of halogens is 1. The third-order valence-electron chi connectivity index (χ3n) is 3.08. The third-order valence-corrected chi connectivity index (χ3v) is 3.57. The van der Waals surface area contributed by atoms with Crippen molar-refractivity contribution in [2.45, 2.75) is 6.92 Å². The van der Waals surface area contributed by atoms with Crippen molar-refractivity contribution in [3.8, 4) is 5.75 Å². The number of nitrogens with one attached hydrogen (secondary N) is 1. The van der Waals surface area contributed by atoms with Gasteiger partial charge in [0.25, 0.3) is 5.91 Å². The molecule has 0 unspecified atom stereocenters. The number of rotatable bonds is 5. The Hall–Kier alpha value is -2.34. The average molecular weight is 378 g/mol. The monoisotopic (exact) mass is 377 g/mol. The molecular formula is C17H16BrNO4. The number of carbonyl (C=O) groups is 2. The molecule has 0 heterocycles. The highest BCUT2D eigenvalue weighted by Gasteiger charge is 2.17. The maximum atomic E-state index is 12.5. The molecule has 0 aliphatic carbocycles. The van der Waals surface area contributed by atoms with Gasteiger partial charge in [-0.2, -0.15) is 0 Å². The second kappa shape index (κ2) is 7.78. The molecule has 120 valence electrons. The number of esters is 1. The number of para-hydroxylation sites is 1. The minimum atomic E-state index is -0.482. The second-order valence-electron chi connectivity index (χ2n) is 4.56. The molecule has 0 radical (unpaired) electrons. The molecule has 0 fully saturated rings. The normalized spacial score (nSPS) is 10.0. The molecular weight excluding hydrogens is 362 g/mol. The summed E-state index contributed by atoms with van der Waals surface area (Å²) in [7, 11) is 1.49. The Morgan fingerprint density at radius 2 is 1.87 bits per heavy atom. The number of ether oxygens (including phenoxy) is 2. The van der Waals surface area contributed by atoms with Gasteiger partial charge in [-0.1, -0.05) is 28.1 Å². The molecule has 6 heteroatoms. The van der Waals surface area contributed by atoms with E-state index in [1.165, 1.54) is 7.11 Å². The van der Waals surface area contributed by atoms with Crippen LogP contribution in [0, 0.1) is 0 Å². The van der Waals surface area contributed by atoms with Gasteiger partial charge in [0.15, 0.2) is 0 Å². The molecule has 0 aromatic heterocycles. The molecule has 5 nitrogen and oxygen atoms in total. The SMILES string of the molecule is CCOC(=O)c1ccccc1NC(=O)c1cc(Br)ccc1OC. The van der Waals surface area contributed by atoms with Crippen LogP contribution >= 0.6 is 15.9 Å². The van der Waals surface area contributed by atoms with Crippen LogP contribution in [0.3, 0.4) is 0 Å². The minimum absolute atomic E-state index is 0.264. The molecule has 0 atom stereocenters. The Kier molecular flexibility index (Phi) is 5.76. The van der Waals surface area contributed by atoms with Gasteiger partial charge >= 0.3 is 5.97 Å². The Morgan fingerprint density at radius 1 is 1.13 bits per heavy atom. The standard InChI is InChI=1S/C17H16BrNO4/c1-3-23-17(21)12-6-4-5-7-14(12)19-16(20)13-10-11(18)8-9-15(13)22-2/h4-10H,3H2,1-2H3,(H,19,20). The zero-order chi connectivity index (χ0) is 16.8. The van der Waals surface area contributed by atoms with E-state index in [-0.39, 0.29) is 12.5 Å². The van der Waals surface area contributed by atoms with Gasteiger partial charge in [-0.15, -0.1) is 0 Å². The molecule has 0 bridgehead atoms. The van der Waals surface area contributed by atoms with Gasteiger partial charge in [0.1, 0.15) is 5.75 Å². The predicted molar refractivity (Wildman–Crippen MR) is 91.0 cm³/mol. The number of carbonyl (C=O) groups excluding carboxylic acids is 2. The van der Waals surface area contributed by atoms with Gasteiger partial charge in [0.05, 0.1) is 30.5 Å². The summed E-state index contributed by atoms with van der Waals surface area (Å²) in [6.45, 7) is 1.99. The lowest BCUT2D eigenvalue weighted by Gasteiger charge is -2.12. The van der Waals surface area contributed by atoms with Crippen LogP contribution in [0.1, 0.15) is 27.6 Å². The molecule has 0 aliphatic heterocycles. The second-order valence-corrected chi connectivity index (χ2v) is 5.48. The summed E-state index contributed by atoms with van der Waals surface area (Å²) in [5, 5.41) is 2.73. The molecule has 0 saturated carbocycles. The Labute approximate surface area is 142 Å². The lowest BCUT2D eigenvalue weighted by Crippen LogP contribution is -2.16. The first kappa shape index (κ1) is 17.0. The van der Waals surface area contributed by atoms with Crippen LogP contribution in [0.15, 0.2) is 46.9 Å². The van der Waals surface area contributed by atoms with Gasteiger partial charge in [0.2, 0.25) is 0 Å². The van der Waals surface area contributed by atoms with Crippen molar-refractivity contribution in [3.05, 3.63) is 58.1 Å². The van der Waals surface area contributed by atoms with Crippen LogP contribution in [0.5, 0.6) is 5.75 Å². The van der Waals surface area contributed by atoms with Crippen molar-refractivity contribution >= 4 is 33.5 Å². The molecule has 2 rings (SSSR count). The Morgan fingerprint density at radius 3 is 2.57 bits per heavy atom. The fourth-order valence-corrected chi connectivity index (χ4v) is 2.39. The fraction of sp³-hybridized carbons (Fsp3) is 0.176. The highest BCUT2D eigenvalue weighted by molar-refractivity contribution is 9.10. The van der Waals surface area contributed by atoms with Crippen LogP contribution in [0.2, 0.25) is 0 Å². The largest absolute Gasteiger partial charge is 0.496 e. The van der Waals surface area contributed by atoms with E-state index in [1.54, 1.807) is 49.4 Å². The summed E-state index contributed by atoms with van der Waals surface area (Å²) >= 11 is 3.33. The number of amides is 1. The third kappa shape index (κ3) is 4.10. The smallest absolute Gasteiger partial charge is 0.340 e. The van der Waals surface area contributed by atoms with Crippen molar-refractivity contribution < 1.29 is 19.1 Å². The maximum absolute atomic E-state index is 12.5. The average Bonchev–Trinajstić information content (AvgIpc) is 2.55. The number of hydrogen-bond acceptors (Lipinski definition) is 4. The lowest BCUT2D eigenvalue weighted by molar-refractivity contribution is 0.0527. The molecule has 1 amide bonds. The summed E-state index contributed by atoms with van der Waals surface area (Å²) < 4.78 is 11.0. The minimum Gasteiger partial charge on any atom is -0.496 e. The Balaban J connectivity index is 2.31. The van der Waals surface area contributed by atoms with Crippen molar-refractivity contribution in [3.63, 3.8) is 0 Å². The summed E-state index contributed by atoms with van der Waals surface area (Å²) in [6, 6.07) is 11.8. The first-order chi connectivity index (χ1) is 11.1. The summed E-state index contributed by atoms with van der Waals surface area (Å²) in [5.74, 6) is -0.413. The van der Waals surface area contributed by atoms with E-state index >= 15 is 0 Å². The van der Waals surface area contributed by atoms with Crippen LogP contribution in [-0.4, -0.2) is 25.6 Å². The van der Waals surface area contributed by atoms with E-state index in [0.717, 1.165) is 4.47 Å². The van der Waals surface area contributed by atoms with Crippen molar-refractivity contribution in [2.75, 3.05) is 19.0 Å². The van der Waals surface area contributed by atoms with Crippen LogP contribution < -0.4 is 10.1 Å². The van der Waals surface area contributed by atoms with E-state index in [2.05, 4.69) is 21.2 Å². The topological polar surface area (TPSA) is 64.6 Å². The predicted octanol–water partition coefficient (Wildman–Crippen LogP) is 3.89. The number of anilines is 1. The quantitative estimate of drug-likeness (QED) is 0.802. The molecule has 23 heavy (non-hydrogen) atoms. The fourth-order valence-electron chi connectivity index (χ4n) is 2.03. The van der Waals surface area contributed by atoms with Crippen LogP contribution in [0.4, 0.5) is 5.69 Å². The van der Waals surface area contributed by atoms with Crippen molar-refractivity contribution in [2.24, 2.45) is 0 Å². The summed E-state index contributed by atoms with van der Waals surface area (Å²) in [6.07, 6.45) is 0. The van der Waals surface area contributed by atoms with Gasteiger partial charge in [-0.3, -0.25) is 4.79 Å². The van der Waals surface area contributed by atoms with Crippen LogP contribution in [-0.2, 0) is 4.74 Å². The van der Waals surface area contributed by atoms with Gasteiger partial charge in [0, 0.05) is 4.47 Å². The first-order valence-corrected chi connectivity index (χ1v) is 7.77. The van der Waals surface area contributed by atoms with Gasteiger partial charge < -0.3 is 14.8 Å². The Bertz CT molecular complexity index is 730. The number of benzene rings is 2. The van der Waals surface area contributed by atoms with Crippen molar-refractivity contribution in [1.82, 2.24) is 0 Å². The van der Waals surface area contributed by atoms with E-state index in [9.17, 15) is 9.59 Å². The molecule has 2 aromatic rings. The van der Waals surface area contributed by atoms with E-state index in [0.29, 0.717) is 22.6 Å². The molecule has 0 spiro atoms. The zero-order valence-corrected chi connectivity index (χ0v) is 14.3. The summed E-state index contributed by atoms with van der Waals surface area (Å²) in [4.78, 5) is 24.5. The van der Waals surface area contributed by atoms with Gasteiger partial charge in [-0.25, -0.2) is 4.79 Å².